The molecule has 0 aliphatic carbocycles. The average Bonchev–Trinajstić information content (AvgIpc) is 2.51. The Hall–Kier alpha value is -1.31. The Morgan fingerprint density at radius 3 is 2.38 bits per heavy atom. The first-order valence-electron chi connectivity index (χ1n) is 7.65. The predicted molar refractivity (Wildman–Crippen MR) is 92.3 cm³/mol. The van der Waals surface area contributed by atoms with Gasteiger partial charge in [-0.25, -0.2) is 0 Å². The van der Waals surface area contributed by atoms with Crippen LogP contribution in [0.5, 0.6) is 0 Å². The van der Waals surface area contributed by atoms with Gasteiger partial charge in [-0.2, -0.15) is 0 Å². The molecule has 2 rings (SSSR count). The van der Waals surface area contributed by atoms with Gasteiger partial charge in [-0.15, -0.1) is 0 Å². The molecule has 2 aromatic carbocycles. The molecule has 0 amide bonds. The molecule has 0 aliphatic heterocycles. The van der Waals surface area contributed by atoms with Gasteiger partial charge >= 0.3 is 0 Å². The number of nitrogens with one attached hydrogen (secondary N) is 1. The predicted octanol–water partition coefficient (Wildman–Crippen LogP) is 5.08. The van der Waals surface area contributed by atoms with Gasteiger partial charge < -0.3 is 5.32 Å². The van der Waals surface area contributed by atoms with Crippen molar-refractivity contribution in [2.45, 2.75) is 39.7 Å². The number of benzene rings is 2. The third kappa shape index (κ3) is 3.48. The van der Waals surface area contributed by atoms with Crippen LogP contribution in [0.1, 0.15) is 47.7 Å². The third-order valence-corrected chi connectivity index (χ3v) is 4.54. The second-order valence-electron chi connectivity index (χ2n) is 5.47. The summed E-state index contributed by atoms with van der Waals surface area (Å²) in [7, 11) is 2.02. The molecule has 0 heterocycles. The maximum atomic E-state index is 6.16. The first-order valence-corrected chi connectivity index (χ1v) is 8.03. The summed E-state index contributed by atoms with van der Waals surface area (Å²) in [5.74, 6) is 0. The van der Waals surface area contributed by atoms with Crippen molar-refractivity contribution in [2.24, 2.45) is 0 Å². The van der Waals surface area contributed by atoms with E-state index in [1.54, 1.807) is 0 Å². The van der Waals surface area contributed by atoms with E-state index in [1.807, 2.05) is 13.1 Å². The summed E-state index contributed by atoms with van der Waals surface area (Å²) >= 11 is 6.16. The van der Waals surface area contributed by atoms with Gasteiger partial charge in [-0.3, -0.25) is 0 Å². The van der Waals surface area contributed by atoms with E-state index in [2.05, 4.69) is 56.4 Å². The molecule has 0 saturated carbocycles. The highest BCUT2D eigenvalue weighted by molar-refractivity contribution is 6.31. The number of hydrogen-bond donors (Lipinski definition) is 1. The summed E-state index contributed by atoms with van der Waals surface area (Å²) < 4.78 is 0. The summed E-state index contributed by atoms with van der Waals surface area (Å²) in [5, 5.41) is 4.29. The van der Waals surface area contributed by atoms with Crippen molar-refractivity contribution in [2.75, 3.05) is 7.05 Å². The van der Waals surface area contributed by atoms with Gasteiger partial charge in [0.2, 0.25) is 0 Å². The minimum Gasteiger partial charge on any atom is -0.309 e. The second kappa shape index (κ2) is 7.11. The zero-order chi connectivity index (χ0) is 15.4. The van der Waals surface area contributed by atoms with E-state index >= 15 is 0 Å². The minimum atomic E-state index is 0.211. The highest BCUT2D eigenvalue weighted by Crippen LogP contribution is 2.29. The van der Waals surface area contributed by atoms with E-state index in [4.69, 9.17) is 11.6 Å². The first-order chi connectivity index (χ1) is 10.1. The number of hydrogen-bond acceptors (Lipinski definition) is 1. The fourth-order valence-corrected chi connectivity index (χ4v) is 2.92. The van der Waals surface area contributed by atoms with Crippen molar-refractivity contribution < 1.29 is 0 Å². The highest BCUT2D eigenvalue weighted by Gasteiger charge is 2.16. The third-order valence-electron chi connectivity index (χ3n) is 4.11. The van der Waals surface area contributed by atoms with Gasteiger partial charge in [-0.05, 0) is 60.7 Å². The lowest BCUT2D eigenvalue weighted by molar-refractivity contribution is 0.682. The Morgan fingerprint density at radius 2 is 1.81 bits per heavy atom. The quantitative estimate of drug-likeness (QED) is 0.812. The van der Waals surface area contributed by atoms with E-state index in [-0.39, 0.29) is 6.04 Å². The Kier molecular flexibility index (Phi) is 5.44. The van der Waals surface area contributed by atoms with E-state index in [9.17, 15) is 0 Å². The molecule has 2 heteroatoms. The molecular formula is C19H24ClN. The van der Waals surface area contributed by atoms with Gasteiger partial charge in [-0.1, -0.05) is 55.8 Å². The van der Waals surface area contributed by atoms with Crippen LogP contribution in [0.25, 0.3) is 0 Å². The van der Waals surface area contributed by atoms with Gasteiger partial charge in [0.25, 0.3) is 0 Å². The monoisotopic (exact) mass is 301 g/mol. The molecule has 0 spiro atoms. The molecule has 1 unspecified atom stereocenters. The van der Waals surface area contributed by atoms with Gasteiger partial charge in [0, 0.05) is 5.02 Å². The van der Waals surface area contributed by atoms with Crippen molar-refractivity contribution in [3.05, 3.63) is 69.2 Å². The average molecular weight is 302 g/mol. The van der Waals surface area contributed by atoms with Crippen LogP contribution in [0, 0.1) is 6.92 Å². The molecule has 112 valence electrons. The Labute approximate surface area is 133 Å². The lowest BCUT2D eigenvalue weighted by Crippen LogP contribution is -2.19. The Balaban J connectivity index is 2.51. The summed E-state index contributed by atoms with van der Waals surface area (Å²) in [5.41, 5.74) is 6.55. The summed E-state index contributed by atoms with van der Waals surface area (Å²) in [6.45, 7) is 6.47. The molecule has 0 aliphatic rings. The molecule has 0 bridgehead atoms. The van der Waals surface area contributed by atoms with Crippen molar-refractivity contribution in [1.29, 1.82) is 0 Å². The lowest BCUT2D eigenvalue weighted by Gasteiger charge is -2.22. The van der Waals surface area contributed by atoms with Gasteiger partial charge in [0.1, 0.15) is 0 Å². The molecule has 0 radical (unpaired) electrons. The van der Waals surface area contributed by atoms with Crippen molar-refractivity contribution in [3.63, 3.8) is 0 Å². The molecule has 0 aromatic heterocycles. The molecule has 1 N–H and O–H groups in total. The van der Waals surface area contributed by atoms with Crippen LogP contribution < -0.4 is 5.32 Å². The zero-order valence-electron chi connectivity index (χ0n) is 13.3. The summed E-state index contributed by atoms with van der Waals surface area (Å²) in [4.78, 5) is 0. The molecule has 21 heavy (non-hydrogen) atoms. The number of aryl methyl sites for hydroxylation is 3. The number of rotatable bonds is 5. The largest absolute Gasteiger partial charge is 0.309 e. The van der Waals surface area contributed by atoms with E-state index in [1.165, 1.54) is 22.3 Å². The topological polar surface area (TPSA) is 12.0 Å². The van der Waals surface area contributed by atoms with Gasteiger partial charge in [0.05, 0.1) is 6.04 Å². The lowest BCUT2D eigenvalue weighted by atomic mass is 9.91. The minimum absolute atomic E-state index is 0.211. The van der Waals surface area contributed by atoms with Crippen LogP contribution in [-0.4, -0.2) is 7.05 Å². The molecule has 0 saturated heterocycles. The maximum Gasteiger partial charge on any atom is 0.0577 e. The van der Waals surface area contributed by atoms with Crippen LogP contribution in [0.4, 0.5) is 0 Å². The fourth-order valence-electron chi connectivity index (χ4n) is 2.80. The van der Waals surface area contributed by atoms with Crippen molar-refractivity contribution >= 4 is 11.6 Å². The van der Waals surface area contributed by atoms with Gasteiger partial charge in [0.15, 0.2) is 0 Å². The van der Waals surface area contributed by atoms with Crippen molar-refractivity contribution in [3.8, 4) is 0 Å². The molecule has 1 atom stereocenters. The fraction of sp³-hybridized carbons (Fsp3) is 0.368. The zero-order valence-corrected chi connectivity index (χ0v) is 14.1. The normalized spacial score (nSPS) is 12.4. The molecular weight excluding hydrogens is 278 g/mol. The maximum absolute atomic E-state index is 6.16. The van der Waals surface area contributed by atoms with Crippen LogP contribution in [0.2, 0.25) is 5.02 Å². The SMILES string of the molecule is CCc1ccc(CC)c(C(NC)c2ccc(Cl)c(C)c2)c1. The van der Waals surface area contributed by atoms with Crippen LogP contribution in [-0.2, 0) is 12.8 Å². The first kappa shape index (κ1) is 16.1. The van der Waals surface area contributed by atoms with Crippen LogP contribution >= 0.6 is 11.6 Å². The Morgan fingerprint density at radius 1 is 1.05 bits per heavy atom. The molecule has 0 fully saturated rings. The summed E-state index contributed by atoms with van der Waals surface area (Å²) in [6.07, 6.45) is 2.11. The molecule has 1 nitrogen and oxygen atoms in total. The molecule has 2 aromatic rings. The summed E-state index contributed by atoms with van der Waals surface area (Å²) in [6, 6.07) is 13.3. The second-order valence-corrected chi connectivity index (χ2v) is 5.88. The number of halogens is 1. The van der Waals surface area contributed by atoms with E-state index in [0.717, 1.165) is 23.4 Å². The van der Waals surface area contributed by atoms with E-state index in [0.29, 0.717) is 0 Å². The van der Waals surface area contributed by atoms with E-state index < -0.39 is 0 Å². The highest BCUT2D eigenvalue weighted by atomic mass is 35.5. The van der Waals surface area contributed by atoms with Crippen LogP contribution in [0.15, 0.2) is 36.4 Å². The van der Waals surface area contributed by atoms with Crippen LogP contribution in [0.3, 0.4) is 0 Å². The standard InChI is InChI=1S/C19H24ClN/c1-5-14-7-8-15(6-2)17(12-14)19(21-4)16-9-10-18(20)13(3)11-16/h7-12,19,21H,5-6H2,1-4H3. The Bertz CT molecular complexity index is 619. The van der Waals surface area contributed by atoms with Crippen molar-refractivity contribution in [1.82, 2.24) is 5.32 Å². The smallest absolute Gasteiger partial charge is 0.0577 e.